The van der Waals surface area contributed by atoms with E-state index in [1.165, 1.54) is 0 Å². The molecule has 4 heteroatoms. The summed E-state index contributed by atoms with van der Waals surface area (Å²) in [4.78, 5) is 0. The highest BCUT2D eigenvalue weighted by Crippen LogP contribution is 2.22. The highest BCUT2D eigenvalue weighted by Gasteiger charge is 2.10. The van der Waals surface area contributed by atoms with Crippen molar-refractivity contribution >= 4 is 22.5 Å². The summed E-state index contributed by atoms with van der Waals surface area (Å²) in [6.45, 7) is 1.93. The zero-order valence-corrected chi connectivity index (χ0v) is 8.58. The molecule has 0 bridgehead atoms. The lowest BCUT2D eigenvalue weighted by atomic mass is 10.1. The molecular formula is C10H11ClN2O. The number of nitrogens with two attached hydrogens (primary N) is 1. The molecule has 74 valence electrons. The molecule has 2 aromatic rings. The van der Waals surface area contributed by atoms with Crippen molar-refractivity contribution in [2.45, 2.75) is 19.4 Å². The highest BCUT2D eigenvalue weighted by atomic mass is 35.5. The van der Waals surface area contributed by atoms with Crippen LogP contribution in [0.1, 0.15) is 12.7 Å². The number of hydrogen-bond acceptors (Lipinski definition) is 3. The second-order valence-electron chi connectivity index (χ2n) is 3.45. The third-order valence-corrected chi connectivity index (χ3v) is 2.26. The molecule has 0 saturated heterocycles. The van der Waals surface area contributed by atoms with Gasteiger partial charge in [-0.25, -0.2) is 0 Å². The number of aromatic nitrogens is 1. The average Bonchev–Trinajstić information content (AvgIpc) is 2.47. The molecule has 1 heterocycles. The van der Waals surface area contributed by atoms with Crippen molar-refractivity contribution < 1.29 is 4.52 Å². The van der Waals surface area contributed by atoms with Gasteiger partial charge in [-0.05, 0) is 25.1 Å². The van der Waals surface area contributed by atoms with Crippen LogP contribution < -0.4 is 5.73 Å². The van der Waals surface area contributed by atoms with Crippen LogP contribution in [-0.2, 0) is 6.42 Å². The van der Waals surface area contributed by atoms with Gasteiger partial charge in [-0.2, -0.15) is 0 Å². The predicted molar refractivity (Wildman–Crippen MR) is 56.4 cm³/mol. The molecule has 0 aliphatic rings. The van der Waals surface area contributed by atoms with Crippen molar-refractivity contribution in [3.8, 4) is 0 Å². The van der Waals surface area contributed by atoms with Crippen molar-refractivity contribution in [3.05, 3.63) is 29.0 Å². The van der Waals surface area contributed by atoms with E-state index in [0.717, 1.165) is 16.7 Å². The van der Waals surface area contributed by atoms with Gasteiger partial charge in [0.05, 0.1) is 0 Å². The van der Waals surface area contributed by atoms with Gasteiger partial charge in [0.1, 0.15) is 11.3 Å². The topological polar surface area (TPSA) is 52.0 Å². The quantitative estimate of drug-likeness (QED) is 0.828. The van der Waals surface area contributed by atoms with Gasteiger partial charge >= 0.3 is 0 Å². The Bertz CT molecular complexity index is 450. The van der Waals surface area contributed by atoms with Crippen LogP contribution in [0.4, 0.5) is 0 Å². The van der Waals surface area contributed by atoms with Crippen molar-refractivity contribution in [3.63, 3.8) is 0 Å². The minimum Gasteiger partial charge on any atom is -0.360 e. The first kappa shape index (κ1) is 9.49. The molecule has 0 radical (unpaired) electrons. The molecular weight excluding hydrogens is 200 g/mol. The summed E-state index contributed by atoms with van der Waals surface area (Å²) in [5.41, 5.74) is 6.52. The van der Waals surface area contributed by atoms with Gasteiger partial charge in [-0.15, -0.1) is 0 Å². The lowest BCUT2D eigenvalue weighted by molar-refractivity contribution is 0.384. The Kier molecular flexibility index (Phi) is 2.44. The highest BCUT2D eigenvalue weighted by molar-refractivity contribution is 6.31. The third-order valence-electron chi connectivity index (χ3n) is 2.02. The Hall–Kier alpha value is -1.06. The second-order valence-corrected chi connectivity index (χ2v) is 3.89. The van der Waals surface area contributed by atoms with E-state index in [-0.39, 0.29) is 6.04 Å². The van der Waals surface area contributed by atoms with Crippen LogP contribution in [0, 0.1) is 0 Å². The van der Waals surface area contributed by atoms with Gasteiger partial charge in [0.15, 0.2) is 0 Å². The minimum atomic E-state index is 0.0603. The van der Waals surface area contributed by atoms with Gasteiger partial charge in [0.25, 0.3) is 0 Å². The van der Waals surface area contributed by atoms with Crippen molar-refractivity contribution in [1.29, 1.82) is 0 Å². The lowest BCUT2D eigenvalue weighted by Gasteiger charge is -2.00. The summed E-state index contributed by atoms with van der Waals surface area (Å²) < 4.78 is 5.19. The molecule has 0 aliphatic heterocycles. The summed E-state index contributed by atoms with van der Waals surface area (Å²) in [5.74, 6) is 0.803. The van der Waals surface area contributed by atoms with Crippen LogP contribution >= 0.6 is 11.6 Å². The number of halogens is 1. The summed E-state index contributed by atoms with van der Waals surface area (Å²) in [7, 11) is 0. The van der Waals surface area contributed by atoms with Crippen molar-refractivity contribution in [2.75, 3.05) is 0 Å². The first-order valence-corrected chi connectivity index (χ1v) is 4.84. The Labute approximate surface area is 86.8 Å². The number of fused-ring (bicyclic) bond motifs is 1. The zero-order valence-electron chi connectivity index (χ0n) is 7.83. The van der Waals surface area contributed by atoms with Crippen LogP contribution in [-0.4, -0.2) is 11.2 Å². The van der Waals surface area contributed by atoms with E-state index in [9.17, 15) is 0 Å². The summed E-state index contributed by atoms with van der Waals surface area (Å²) in [6.07, 6.45) is 0.677. The molecule has 0 saturated carbocycles. The molecule has 0 fully saturated rings. The van der Waals surface area contributed by atoms with Crippen LogP contribution in [0.2, 0.25) is 5.02 Å². The molecule has 1 aromatic carbocycles. The largest absolute Gasteiger partial charge is 0.360 e. The van der Waals surface area contributed by atoms with E-state index in [2.05, 4.69) is 5.16 Å². The number of rotatable bonds is 2. The standard InChI is InChI=1S/C10H11ClN2O/c1-6(12)4-10-8-5-7(11)2-3-9(8)13-14-10/h2-3,5-6H,4,12H2,1H3. The molecule has 2 N–H and O–H groups in total. The van der Waals surface area contributed by atoms with Gasteiger partial charge < -0.3 is 10.3 Å². The van der Waals surface area contributed by atoms with Crippen LogP contribution in [0.25, 0.3) is 10.9 Å². The van der Waals surface area contributed by atoms with E-state index in [1.807, 2.05) is 19.1 Å². The second kappa shape index (κ2) is 3.59. The fourth-order valence-electron chi connectivity index (χ4n) is 1.40. The summed E-state index contributed by atoms with van der Waals surface area (Å²) >= 11 is 5.88. The predicted octanol–water partition coefficient (Wildman–Crippen LogP) is 2.37. The van der Waals surface area contributed by atoms with Crippen LogP contribution in [0.5, 0.6) is 0 Å². The van der Waals surface area contributed by atoms with Gasteiger partial charge in [-0.3, -0.25) is 0 Å². The zero-order chi connectivity index (χ0) is 10.1. The van der Waals surface area contributed by atoms with Crippen LogP contribution in [0.3, 0.4) is 0 Å². The first-order valence-electron chi connectivity index (χ1n) is 4.46. The number of benzene rings is 1. The van der Waals surface area contributed by atoms with E-state index >= 15 is 0 Å². The van der Waals surface area contributed by atoms with Crippen molar-refractivity contribution in [2.24, 2.45) is 5.73 Å². The van der Waals surface area contributed by atoms with Gasteiger partial charge in [0, 0.05) is 22.9 Å². The third kappa shape index (κ3) is 1.74. The molecule has 1 aromatic heterocycles. The van der Waals surface area contributed by atoms with Crippen molar-refractivity contribution in [1.82, 2.24) is 5.16 Å². The molecule has 0 spiro atoms. The SMILES string of the molecule is CC(N)Cc1onc2ccc(Cl)cc12. The molecule has 0 aliphatic carbocycles. The Morgan fingerprint density at radius 1 is 1.57 bits per heavy atom. The van der Waals surface area contributed by atoms with E-state index < -0.39 is 0 Å². The maximum atomic E-state index is 5.88. The molecule has 2 rings (SSSR count). The Morgan fingerprint density at radius 2 is 2.36 bits per heavy atom. The smallest absolute Gasteiger partial charge is 0.146 e. The number of nitrogens with zero attached hydrogens (tertiary/aromatic N) is 1. The maximum Gasteiger partial charge on any atom is 0.146 e. The summed E-state index contributed by atoms with van der Waals surface area (Å²) in [6, 6.07) is 5.55. The molecule has 0 amide bonds. The fraction of sp³-hybridized carbons (Fsp3) is 0.300. The molecule has 1 unspecified atom stereocenters. The first-order chi connectivity index (χ1) is 6.66. The lowest BCUT2D eigenvalue weighted by Crippen LogP contribution is -2.17. The van der Waals surface area contributed by atoms with Gasteiger partial charge in [-0.1, -0.05) is 16.8 Å². The summed E-state index contributed by atoms with van der Waals surface area (Å²) in [5, 5.41) is 5.56. The van der Waals surface area contributed by atoms with Crippen LogP contribution in [0.15, 0.2) is 22.7 Å². The average molecular weight is 211 g/mol. The Morgan fingerprint density at radius 3 is 3.07 bits per heavy atom. The molecule has 3 nitrogen and oxygen atoms in total. The maximum absolute atomic E-state index is 5.88. The molecule has 14 heavy (non-hydrogen) atoms. The minimum absolute atomic E-state index is 0.0603. The number of hydrogen-bond donors (Lipinski definition) is 1. The normalized spacial score (nSPS) is 13.4. The van der Waals surface area contributed by atoms with E-state index in [4.69, 9.17) is 21.9 Å². The van der Waals surface area contributed by atoms with Gasteiger partial charge in [0.2, 0.25) is 0 Å². The van der Waals surface area contributed by atoms with E-state index in [1.54, 1.807) is 6.07 Å². The fourth-order valence-corrected chi connectivity index (χ4v) is 1.58. The Balaban J connectivity index is 2.50. The molecule has 1 atom stereocenters. The monoisotopic (exact) mass is 210 g/mol. The van der Waals surface area contributed by atoms with E-state index in [0.29, 0.717) is 11.4 Å².